The van der Waals surface area contributed by atoms with Crippen molar-refractivity contribution in [1.82, 2.24) is 10.2 Å². The van der Waals surface area contributed by atoms with Gasteiger partial charge in [0.25, 0.3) is 0 Å². The molecule has 3 nitrogen and oxygen atoms in total. The smallest absolute Gasteiger partial charge is 0.234 e. The van der Waals surface area contributed by atoms with Crippen molar-refractivity contribution in [3.05, 3.63) is 12.2 Å². The Kier molecular flexibility index (Phi) is 6.38. The zero-order chi connectivity index (χ0) is 9.40. The minimum atomic E-state index is 0.0875. The van der Waals surface area contributed by atoms with E-state index in [-0.39, 0.29) is 5.91 Å². The second-order valence-electron chi connectivity index (χ2n) is 2.95. The van der Waals surface area contributed by atoms with Gasteiger partial charge in [0.15, 0.2) is 0 Å². The van der Waals surface area contributed by atoms with E-state index in [4.69, 9.17) is 0 Å². The van der Waals surface area contributed by atoms with Gasteiger partial charge in [0.05, 0.1) is 6.54 Å². The van der Waals surface area contributed by atoms with E-state index in [1.807, 2.05) is 38.1 Å². The van der Waals surface area contributed by atoms with E-state index in [9.17, 15) is 4.79 Å². The summed E-state index contributed by atoms with van der Waals surface area (Å²) in [5.74, 6) is 0.0875. The summed E-state index contributed by atoms with van der Waals surface area (Å²) in [6, 6.07) is 0. The van der Waals surface area contributed by atoms with Crippen LogP contribution in [0.4, 0.5) is 0 Å². The fourth-order valence-electron chi connectivity index (χ4n) is 0.805. The Labute approximate surface area is 74.4 Å². The Morgan fingerprint density at radius 2 is 2.17 bits per heavy atom. The maximum Gasteiger partial charge on any atom is 0.234 e. The maximum absolute atomic E-state index is 11.0. The summed E-state index contributed by atoms with van der Waals surface area (Å²) >= 11 is 0. The van der Waals surface area contributed by atoms with Crippen LogP contribution >= 0.6 is 0 Å². The number of carbonyl (C=O) groups is 1. The average Bonchev–Trinajstić information content (AvgIpc) is 1.97. The fourth-order valence-corrected chi connectivity index (χ4v) is 0.805. The first-order valence-corrected chi connectivity index (χ1v) is 4.19. The highest BCUT2D eigenvalue weighted by Gasteiger charge is 1.99. The molecule has 0 aromatic heterocycles. The van der Waals surface area contributed by atoms with Crippen LogP contribution in [-0.2, 0) is 4.79 Å². The molecule has 12 heavy (non-hydrogen) atoms. The molecule has 0 heterocycles. The lowest BCUT2D eigenvalue weighted by atomic mass is 10.4. The zero-order valence-electron chi connectivity index (χ0n) is 8.13. The summed E-state index contributed by atoms with van der Waals surface area (Å²) in [7, 11) is 3.76. The van der Waals surface area contributed by atoms with Crippen molar-refractivity contribution in [3.8, 4) is 0 Å². The highest BCUT2D eigenvalue weighted by molar-refractivity contribution is 5.77. The monoisotopic (exact) mass is 170 g/mol. The minimum absolute atomic E-state index is 0.0875. The first-order valence-electron chi connectivity index (χ1n) is 4.19. The van der Waals surface area contributed by atoms with Crippen LogP contribution < -0.4 is 5.32 Å². The van der Waals surface area contributed by atoms with Crippen LogP contribution in [0.25, 0.3) is 0 Å². The molecule has 1 N–H and O–H groups in total. The first-order chi connectivity index (χ1) is 5.66. The lowest BCUT2D eigenvalue weighted by molar-refractivity contribution is -0.121. The van der Waals surface area contributed by atoms with Crippen molar-refractivity contribution in [1.29, 1.82) is 0 Å². The number of allylic oxidation sites excluding steroid dienone is 1. The maximum atomic E-state index is 11.0. The number of amides is 1. The standard InChI is InChI=1S/C9H18N2O/c1-4-5-6-7-10-9(12)8-11(2)3/h4-5H,6-8H2,1-3H3,(H,10,12)/b5-4+. The fraction of sp³-hybridized carbons (Fsp3) is 0.667. The summed E-state index contributed by atoms with van der Waals surface area (Å²) in [5, 5.41) is 2.82. The SMILES string of the molecule is C/C=C/CCNC(=O)CN(C)C. The Bertz CT molecular complexity index is 153. The number of hydrogen-bond donors (Lipinski definition) is 1. The third-order valence-electron chi connectivity index (χ3n) is 1.33. The van der Waals surface area contributed by atoms with Crippen LogP contribution in [0.15, 0.2) is 12.2 Å². The first kappa shape index (κ1) is 11.2. The molecule has 0 aliphatic carbocycles. The third kappa shape index (κ3) is 7.28. The summed E-state index contributed by atoms with van der Waals surface area (Å²) in [5.41, 5.74) is 0. The number of hydrogen-bond acceptors (Lipinski definition) is 2. The van der Waals surface area contributed by atoms with Gasteiger partial charge in [-0.15, -0.1) is 0 Å². The Morgan fingerprint density at radius 3 is 2.67 bits per heavy atom. The van der Waals surface area contributed by atoms with Crippen molar-refractivity contribution in [3.63, 3.8) is 0 Å². The number of nitrogens with one attached hydrogen (secondary N) is 1. The zero-order valence-corrected chi connectivity index (χ0v) is 8.13. The topological polar surface area (TPSA) is 32.3 Å². The number of likely N-dealkylation sites (N-methyl/N-ethyl adjacent to an activating group) is 1. The van der Waals surface area contributed by atoms with Gasteiger partial charge in [0.2, 0.25) is 5.91 Å². The van der Waals surface area contributed by atoms with E-state index < -0.39 is 0 Å². The number of rotatable bonds is 5. The van der Waals surface area contributed by atoms with E-state index in [1.165, 1.54) is 0 Å². The predicted molar refractivity (Wildman–Crippen MR) is 51.0 cm³/mol. The van der Waals surface area contributed by atoms with Gasteiger partial charge < -0.3 is 10.2 Å². The minimum Gasteiger partial charge on any atom is -0.355 e. The molecule has 0 aliphatic heterocycles. The Hall–Kier alpha value is -0.830. The molecule has 0 saturated carbocycles. The number of nitrogens with zero attached hydrogens (tertiary/aromatic N) is 1. The molecule has 0 bridgehead atoms. The van der Waals surface area contributed by atoms with Crippen LogP contribution in [-0.4, -0.2) is 38.0 Å². The van der Waals surface area contributed by atoms with Crippen molar-refractivity contribution in [2.24, 2.45) is 0 Å². The molecule has 0 unspecified atom stereocenters. The summed E-state index contributed by atoms with van der Waals surface area (Å²) in [6.07, 6.45) is 4.93. The molecule has 70 valence electrons. The van der Waals surface area contributed by atoms with Gasteiger partial charge >= 0.3 is 0 Å². The quantitative estimate of drug-likeness (QED) is 0.485. The third-order valence-corrected chi connectivity index (χ3v) is 1.33. The van der Waals surface area contributed by atoms with Crippen LogP contribution in [0, 0.1) is 0 Å². The van der Waals surface area contributed by atoms with Crippen LogP contribution in [0.1, 0.15) is 13.3 Å². The van der Waals surface area contributed by atoms with E-state index in [0.717, 1.165) is 13.0 Å². The molecule has 0 saturated heterocycles. The molecule has 0 spiro atoms. The Balaban J connectivity index is 3.32. The van der Waals surface area contributed by atoms with Crippen molar-refractivity contribution in [2.45, 2.75) is 13.3 Å². The largest absolute Gasteiger partial charge is 0.355 e. The van der Waals surface area contributed by atoms with Crippen molar-refractivity contribution >= 4 is 5.91 Å². The van der Waals surface area contributed by atoms with Crippen LogP contribution in [0.3, 0.4) is 0 Å². The molecule has 1 amide bonds. The highest BCUT2D eigenvalue weighted by Crippen LogP contribution is 1.80. The molecule has 0 fully saturated rings. The van der Waals surface area contributed by atoms with Crippen LogP contribution in [0.2, 0.25) is 0 Å². The van der Waals surface area contributed by atoms with Gasteiger partial charge in [0, 0.05) is 6.54 Å². The van der Waals surface area contributed by atoms with E-state index in [2.05, 4.69) is 5.32 Å². The molecule has 0 radical (unpaired) electrons. The average molecular weight is 170 g/mol. The number of carbonyl (C=O) groups excluding carboxylic acids is 1. The highest BCUT2D eigenvalue weighted by atomic mass is 16.1. The molecular formula is C9H18N2O. The summed E-state index contributed by atoms with van der Waals surface area (Å²) < 4.78 is 0. The second kappa shape index (κ2) is 6.85. The predicted octanol–water partition coefficient (Wildman–Crippen LogP) is 0.630. The molecule has 3 heteroatoms. The molecule has 0 rings (SSSR count). The lowest BCUT2D eigenvalue weighted by Crippen LogP contribution is -2.33. The van der Waals surface area contributed by atoms with Gasteiger partial charge in [-0.3, -0.25) is 4.79 Å². The lowest BCUT2D eigenvalue weighted by Gasteiger charge is -2.08. The second-order valence-corrected chi connectivity index (χ2v) is 2.95. The van der Waals surface area contributed by atoms with Gasteiger partial charge in [-0.25, -0.2) is 0 Å². The van der Waals surface area contributed by atoms with E-state index in [1.54, 1.807) is 0 Å². The van der Waals surface area contributed by atoms with E-state index >= 15 is 0 Å². The summed E-state index contributed by atoms with van der Waals surface area (Å²) in [6.45, 7) is 3.18. The Morgan fingerprint density at radius 1 is 1.50 bits per heavy atom. The normalized spacial score (nSPS) is 11.0. The molecule has 0 aromatic rings. The van der Waals surface area contributed by atoms with E-state index in [0.29, 0.717) is 6.54 Å². The van der Waals surface area contributed by atoms with Gasteiger partial charge in [-0.2, -0.15) is 0 Å². The van der Waals surface area contributed by atoms with Crippen molar-refractivity contribution in [2.75, 3.05) is 27.2 Å². The molecule has 0 aliphatic rings. The summed E-state index contributed by atoms with van der Waals surface area (Å²) in [4.78, 5) is 12.9. The van der Waals surface area contributed by atoms with Gasteiger partial charge in [-0.1, -0.05) is 12.2 Å². The van der Waals surface area contributed by atoms with Crippen LogP contribution in [0.5, 0.6) is 0 Å². The van der Waals surface area contributed by atoms with Crippen molar-refractivity contribution < 1.29 is 4.79 Å². The van der Waals surface area contributed by atoms with Gasteiger partial charge in [0.1, 0.15) is 0 Å². The molecular weight excluding hydrogens is 152 g/mol. The molecule has 0 aromatic carbocycles. The van der Waals surface area contributed by atoms with Gasteiger partial charge in [-0.05, 0) is 27.4 Å². The molecule has 0 atom stereocenters.